The summed E-state index contributed by atoms with van der Waals surface area (Å²) in [6.07, 6.45) is 0. The van der Waals surface area contributed by atoms with Crippen LogP contribution in [0, 0.1) is 0 Å². The maximum absolute atomic E-state index is 12.1. The van der Waals surface area contributed by atoms with E-state index >= 15 is 0 Å². The standard InChI is InChI=1S/C20H22BrN3O3S/c1-13(15-5-3-7-17(9-15)23-14(2)25)22-19(26)11-28-12-20(27)24-18-8-4-6-16(21)10-18/h3-10,13H,11-12H2,1-2H3,(H,22,26)(H,23,25)(H,24,27). The number of hydrogen-bond acceptors (Lipinski definition) is 4. The van der Waals surface area contributed by atoms with Crippen LogP contribution >= 0.6 is 27.7 Å². The molecule has 0 saturated carbocycles. The molecule has 0 aliphatic heterocycles. The summed E-state index contributed by atoms with van der Waals surface area (Å²) in [6.45, 7) is 3.32. The third-order valence-electron chi connectivity index (χ3n) is 3.66. The van der Waals surface area contributed by atoms with Gasteiger partial charge >= 0.3 is 0 Å². The van der Waals surface area contributed by atoms with Crippen molar-refractivity contribution >= 4 is 56.8 Å². The van der Waals surface area contributed by atoms with Crippen LogP contribution in [0.4, 0.5) is 11.4 Å². The first kappa shape index (κ1) is 22.0. The molecule has 0 aliphatic rings. The van der Waals surface area contributed by atoms with Crippen LogP contribution in [0.5, 0.6) is 0 Å². The first-order chi connectivity index (χ1) is 13.3. The molecule has 3 amide bonds. The molecule has 0 fully saturated rings. The molecule has 0 aromatic heterocycles. The van der Waals surface area contributed by atoms with Crippen molar-refractivity contribution in [3.8, 4) is 0 Å². The molecule has 0 aliphatic carbocycles. The van der Waals surface area contributed by atoms with Crippen LogP contribution in [-0.4, -0.2) is 29.2 Å². The predicted molar refractivity (Wildman–Crippen MR) is 117 cm³/mol. The quantitative estimate of drug-likeness (QED) is 0.552. The van der Waals surface area contributed by atoms with Gasteiger partial charge in [-0.05, 0) is 42.8 Å². The number of carbonyl (C=O) groups excluding carboxylic acids is 3. The van der Waals surface area contributed by atoms with Gasteiger partial charge in [-0.1, -0.05) is 34.1 Å². The van der Waals surface area contributed by atoms with Gasteiger partial charge in [0, 0.05) is 22.8 Å². The van der Waals surface area contributed by atoms with Crippen LogP contribution in [0.25, 0.3) is 0 Å². The average Bonchev–Trinajstić information content (AvgIpc) is 2.61. The Morgan fingerprint density at radius 3 is 2.29 bits per heavy atom. The molecule has 0 radical (unpaired) electrons. The minimum atomic E-state index is -0.211. The van der Waals surface area contributed by atoms with E-state index in [0.717, 1.165) is 10.0 Å². The van der Waals surface area contributed by atoms with E-state index in [-0.39, 0.29) is 35.3 Å². The predicted octanol–water partition coefficient (Wildman–Crippen LogP) is 3.96. The molecular formula is C20H22BrN3O3S. The third-order valence-corrected chi connectivity index (χ3v) is 5.09. The zero-order valence-corrected chi connectivity index (χ0v) is 18.0. The summed E-state index contributed by atoms with van der Waals surface area (Å²) in [7, 11) is 0. The first-order valence-electron chi connectivity index (χ1n) is 8.63. The van der Waals surface area contributed by atoms with E-state index in [4.69, 9.17) is 0 Å². The Bertz CT molecular complexity index is 860. The van der Waals surface area contributed by atoms with E-state index in [0.29, 0.717) is 11.4 Å². The van der Waals surface area contributed by atoms with Crippen molar-refractivity contribution in [2.24, 2.45) is 0 Å². The van der Waals surface area contributed by atoms with Crippen molar-refractivity contribution in [3.05, 3.63) is 58.6 Å². The number of hydrogen-bond donors (Lipinski definition) is 3. The van der Waals surface area contributed by atoms with Crippen LogP contribution < -0.4 is 16.0 Å². The minimum absolute atomic E-state index is 0.147. The molecule has 2 aromatic carbocycles. The Hall–Kier alpha value is -2.32. The van der Waals surface area contributed by atoms with E-state index in [9.17, 15) is 14.4 Å². The lowest BCUT2D eigenvalue weighted by Crippen LogP contribution is -2.29. The van der Waals surface area contributed by atoms with Crippen LogP contribution in [0.1, 0.15) is 25.5 Å². The molecule has 0 spiro atoms. The number of carbonyl (C=O) groups is 3. The van der Waals surface area contributed by atoms with Gasteiger partial charge in [0.15, 0.2) is 0 Å². The van der Waals surface area contributed by atoms with Crippen LogP contribution in [0.2, 0.25) is 0 Å². The molecule has 1 atom stereocenters. The fraction of sp³-hybridized carbons (Fsp3) is 0.250. The summed E-state index contributed by atoms with van der Waals surface area (Å²) in [5.41, 5.74) is 2.28. The Kier molecular flexibility index (Phi) is 8.53. The highest BCUT2D eigenvalue weighted by molar-refractivity contribution is 9.10. The van der Waals surface area contributed by atoms with Gasteiger partial charge in [0.2, 0.25) is 17.7 Å². The molecule has 1 unspecified atom stereocenters. The molecular weight excluding hydrogens is 442 g/mol. The number of rotatable bonds is 8. The minimum Gasteiger partial charge on any atom is -0.349 e. The van der Waals surface area contributed by atoms with E-state index < -0.39 is 0 Å². The van der Waals surface area contributed by atoms with Gasteiger partial charge < -0.3 is 16.0 Å². The molecule has 2 aromatic rings. The van der Waals surface area contributed by atoms with Crippen molar-refractivity contribution in [2.75, 3.05) is 22.1 Å². The third kappa shape index (κ3) is 7.74. The molecule has 28 heavy (non-hydrogen) atoms. The topological polar surface area (TPSA) is 87.3 Å². The molecule has 3 N–H and O–H groups in total. The Balaban J connectivity index is 1.76. The average molecular weight is 464 g/mol. The maximum Gasteiger partial charge on any atom is 0.234 e. The normalized spacial score (nSPS) is 11.4. The number of halogens is 1. The van der Waals surface area contributed by atoms with Crippen molar-refractivity contribution in [1.29, 1.82) is 0 Å². The second-order valence-electron chi connectivity index (χ2n) is 6.15. The summed E-state index contributed by atoms with van der Waals surface area (Å²) in [5, 5.41) is 8.41. The molecule has 8 heteroatoms. The number of nitrogens with one attached hydrogen (secondary N) is 3. The van der Waals surface area contributed by atoms with Gasteiger partial charge in [-0.15, -0.1) is 11.8 Å². The molecule has 0 heterocycles. The molecule has 2 rings (SSSR count). The zero-order chi connectivity index (χ0) is 20.5. The number of thioether (sulfide) groups is 1. The van der Waals surface area contributed by atoms with Crippen molar-refractivity contribution < 1.29 is 14.4 Å². The highest BCUT2D eigenvalue weighted by Crippen LogP contribution is 2.18. The molecule has 6 nitrogen and oxygen atoms in total. The van der Waals surface area contributed by atoms with Crippen molar-refractivity contribution in [2.45, 2.75) is 19.9 Å². The monoisotopic (exact) mass is 463 g/mol. The van der Waals surface area contributed by atoms with E-state index in [2.05, 4.69) is 31.9 Å². The second kappa shape index (κ2) is 10.9. The Morgan fingerprint density at radius 1 is 0.964 bits per heavy atom. The van der Waals surface area contributed by atoms with Gasteiger partial charge in [0.1, 0.15) is 0 Å². The Morgan fingerprint density at radius 2 is 1.61 bits per heavy atom. The zero-order valence-electron chi connectivity index (χ0n) is 15.6. The van der Waals surface area contributed by atoms with Crippen molar-refractivity contribution in [1.82, 2.24) is 5.32 Å². The van der Waals surface area contributed by atoms with Gasteiger partial charge in [-0.25, -0.2) is 0 Å². The summed E-state index contributed by atoms with van der Waals surface area (Å²) < 4.78 is 0.883. The lowest BCUT2D eigenvalue weighted by atomic mass is 10.1. The van der Waals surface area contributed by atoms with Gasteiger partial charge in [0.05, 0.1) is 17.5 Å². The fourth-order valence-corrected chi connectivity index (χ4v) is 3.48. The molecule has 0 bridgehead atoms. The highest BCUT2D eigenvalue weighted by atomic mass is 79.9. The summed E-state index contributed by atoms with van der Waals surface area (Å²) in [4.78, 5) is 35.3. The number of amides is 3. The van der Waals surface area contributed by atoms with E-state index in [1.807, 2.05) is 43.3 Å². The number of benzene rings is 2. The van der Waals surface area contributed by atoms with E-state index in [1.54, 1.807) is 12.1 Å². The number of anilines is 2. The van der Waals surface area contributed by atoms with Crippen molar-refractivity contribution in [3.63, 3.8) is 0 Å². The first-order valence-corrected chi connectivity index (χ1v) is 10.6. The van der Waals surface area contributed by atoms with E-state index in [1.165, 1.54) is 18.7 Å². The molecule has 148 valence electrons. The highest BCUT2D eigenvalue weighted by Gasteiger charge is 2.11. The van der Waals surface area contributed by atoms with Crippen LogP contribution in [0.15, 0.2) is 53.0 Å². The molecule has 0 saturated heterocycles. The van der Waals surface area contributed by atoms with Gasteiger partial charge in [0.25, 0.3) is 0 Å². The SMILES string of the molecule is CC(=O)Nc1cccc(C(C)NC(=O)CSCC(=O)Nc2cccc(Br)c2)c1. The Labute approximate surface area is 177 Å². The van der Waals surface area contributed by atoms with Crippen LogP contribution in [0.3, 0.4) is 0 Å². The largest absolute Gasteiger partial charge is 0.349 e. The summed E-state index contributed by atoms with van der Waals surface area (Å²) in [5.74, 6) is -0.0930. The summed E-state index contributed by atoms with van der Waals surface area (Å²) >= 11 is 4.60. The van der Waals surface area contributed by atoms with Crippen LogP contribution in [-0.2, 0) is 14.4 Å². The van der Waals surface area contributed by atoms with Gasteiger partial charge in [-0.2, -0.15) is 0 Å². The smallest absolute Gasteiger partial charge is 0.234 e. The summed E-state index contributed by atoms with van der Waals surface area (Å²) in [6, 6.07) is 14.4. The second-order valence-corrected chi connectivity index (χ2v) is 8.05. The lowest BCUT2D eigenvalue weighted by molar-refractivity contribution is -0.119. The maximum atomic E-state index is 12.1. The lowest BCUT2D eigenvalue weighted by Gasteiger charge is -2.15. The van der Waals surface area contributed by atoms with Gasteiger partial charge in [-0.3, -0.25) is 14.4 Å². The fourth-order valence-electron chi connectivity index (χ4n) is 2.46.